The molecule has 0 fully saturated rings. The summed E-state index contributed by atoms with van der Waals surface area (Å²) in [5.74, 6) is 0. The van der Waals surface area contributed by atoms with E-state index in [4.69, 9.17) is 0 Å². The van der Waals surface area contributed by atoms with Crippen molar-refractivity contribution in [3.8, 4) is 0 Å². The van der Waals surface area contributed by atoms with Crippen molar-refractivity contribution in [1.82, 2.24) is 24.2 Å². The number of hydrogen-bond acceptors (Lipinski definition) is 7. The molecule has 0 aliphatic carbocycles. The molecule has 0 spiro atoms. The van der Waals surface area contributed by atoms with Gasteiger partial charge in [0.25, 0.3) is 0 Å². The van der Waals surface area contributed by atoms with Crippen LogP contribution in [0.15, 0.2) is 0 Å². The zero-order chi connectivity index (χ0) is 9.89. The van der Waals surface area contributed by atoms with Crippen LogP contribution in [0.5, 0.6) is 0 Å². The Bertz CT molecular complexity index is 117. The van der Waals surface area contributed by atoms with Crippen molar-refractivity contribution < 1.29 is 0 Å². The van der Waals surface area contributed by atoms with E-state index in [2.05, 4.69) is 25.6 Å². The van der Waals surface area contributed by atoms with Crippen LogP contribution in [0.4, 0.5) is 0 Å². The van der Waals surface area contributed by atoms with Gasteiger partial charge in [0.15, 0.2) is 0 Å². The highest BCUT2D eigenvalue weighted by molar-refractivity contribution is 7.77. The molecular formula is C5H17N5S2. The largest absolute Gasteiger partial charge is 0.176 e. The van der Waals surface area contributed by atoms with Gasteiger partial charge in [-0.2, -0.15) is 19.1 Å². The van der Waals surface area contributed by atoms with E-state index in [0.717, 1.165) is 0 Å². The lowest BCUT2D eigenvalue weighted by molar-refractivity contribution is -0.247. The first kappa shape index (κ1) is 12.5. The quantitative estimate of drug-likeness (QED) is 0.501. The van der Waals surface area contributed by atoms with E-state index in [9.17, 15) is 0 Å². The van der Waals surface area contributed by atoms with E-state index in [1.165, 1.54) is 0 Å². The van der Waals surface area contributed by atoms with Crippen molar-refractivity contribution in [1.29, 1.82) is 0 Å². The van der Waals surface area contributed by atoms with Gasteiger partial charge >= 0.3 is 0 Å². The van der Waals surface area contributed by atoms with Crippen molar-refractivity contribution in [2.75, 3.05) is 35.2 Å². The van der Waals surface area contributed by atoms with Crippen LogP contribution in [0.25, 0.3) is 0 Å². The monoisotopic (exact) mass is 211 g/mol. The maximum Gasteiger partial charge on any atom is 0.0207 e. The molecule has 0 saturated carbocycles. The lowest BCUT2D eigenvalue weighted by Gasteiger charge is -2.39. The molecule has 74 valence electrons. The van der Waals surface area contributed by atoms with Gasteiger partial charge < -0.3 is 0 Å². The predicted octanol–water partition coefficient (Wildman–Crippen LogP) is -0.00500. The Labute approximate surface area is 85.5 Å². The summed E-state index contributed by atoms with van der Waals surface area (Å²) >= 11 is 8.29. The molecule has 0 aromatic carbocycles. The van der Waals surface area contributed by atoms with Gasteiger partial charge in [0, 0.05) is 35.2 Å². The van der Waals surface area contributed by atoms with Gasteiger partial charge in [0.1, 0.15) is 0 Å². The molecule has 0 saturated heterocycles. The van der Waals surface area contributed by atoms with Gasteiger partial charge in [0.2, 0.25) is 0 Å². The highest BCUT2D eigenvalue weighted by Crippen LogP contribution is 2.04. The molecule has 0 heterocycles. The van der Waals surface area contributed by atoms with E-state index in [1.54, 1.807) is 8.83 Å². The van der Waals surface area contributed by atoms with Gasteiger partial charge in [-0.15, -0.1) is 5.12 Å². The SMILES string of the molecule is CN(S)N(C)N(C)N(C)N(C)S. The van der Waals surface area contributed by atoms with Crippen LogP contribution in [0.3, 0.4) is 0 Å². The first-order valence-corrected chi connectivity index (χ1v) is 4.24. The van der Waals surface area contributed by atoms with Crippen LogP contribution >= 0.6 is 25.6 Å². The lowest BCUT2D eigenvalue weighted by atomic mass is 11.1. The highest BCUT2D eigenvalue weighted by Gasteiger charge is 2.14. The fourth-order valence-corrected chi connectivity index (χ4v) is 0.794. The Balaban J connectivity index is 4.08. The maximum atomic E-state index is 4.14. The van der Waals surface area contributed by atoms with E-state index in [0.29, 0.717) is 0 Å². The van der Waals surface area contributed by atoms with Gasteiger partial charge in [0.05, 0.1) is 0 Å². The summed E-state index contributed by atoms with van der Waals surface area (Å²) in [5, 5.41) is 5.48. The molecule has 0 aromatic heterocycles. The van der Waals surface area contributed by atoms with Crippen LogP contribution in [-0.4, -0.2) is 59.4 Å². The van der Waals surface area contributed by atoms with Crippen LogP contribution in [0.2, 0.25) is 0 Å². The second-order valence-corrected chi connectivity index (χ2v) is 3.60. The molecule has 0 atom stereocenters. The van der Waals surface area contributed by atoms with Gasteiger partial charge in [-0.25, -0.2) is 0 Å². The molecule has 0 bridgehead atoms. The number of hydrazine groups is 4. The number of thiol groups is 2. The summed E-state index contributed by atoms with van der Waals surface area (Å²) in [4.78, 5) is 0. The number of nitrogens with zero attached hydrogens (tertiary/aromatic N) is 5. The molecule has 0 aromatic rings. The number of rotatable bonds is 4. The van der Waals surface area contributed by atoms with Crippen molar-refractivity contribution in [2.45, 2.75) is 0 Å². The zero-order valence-electron chi connectivity index (χ0n) is 8.13. The Kier molecular flexibility index (Phi) is 5.50. The van der Waals surface area contributed by atoms with E-state index < -0.39 is 0 Å². The molecule has 0 unspecified atom stereocenters. The van der Waals surface area contributed by atoms with Crippen molar-refractivity contribution in [2.24, 2.45) is 0 Å². The minimum Gasteiger partial charge on any atom is -0.176 e. The second kappa shape index (κ2) is 5.28. The van der Waals surface area contributed by atoms with Gasteiger partial charge in [-0.05, 0) is 0 Å². The van der Waals surface area contributed by atoms with Crippen molar-refractivity contribution in [3.05, 3.63) is 0 Å². The first-order chi connectivity index (χ1) is 5.37. The van der Waals surface area contributed by atoms with E-state index >= 15 is 0 Å². The predicted molar refractivity (Wildman–Crippen MR) is 56.8 cm³/mol. The third-order valence-corrected chi connectivity index (χ3v) is 2.19. The molecule has 0 N–H and O–H groups in total. The average molecular weight is 211 g/mol. The third-order valence-electron chi connectivity index (χ3n) is 1.68. The molecule has 7 heteroatoms. The standard InChI is InChI=1S/C5H17N5S2/c1-6(7(2)9(4)11)8(3)10(5)12/h11-12H,1-5H3. The fourth-order valence-electron chi connectivity index (χ4n) is 0.562. The third kappa shape index (κ3) is 3.48. The smallest absolute Gasteiger partial charge is 0.0207 e. The Morgan fingerprint density at radius 3 is 1.00 bits per heavy atom. The highest BCUT2D eigenvalue weighted by atomic mass is 32.1. The molecule has 0 aliphatic rings. The van der Waals surface area contributed by atoms with Gasteiger partial charge in [-0.3, -0.25) is 0 Å². The van der Waals surface area contributed by atoms with Gasteiger partial charge in [-0.1, -0.05) is 25.6 Å². The average Bonchev–Trinajstić information content (AvgIpc) is 2.00. The van der Waals surface area contributed by atoms with Crippen molar-refractivity contribution in [3.63, 3.8) is 0 Å². The summed E-state index contributed by atoms with van der Waals surface area (Å²) < 4.78 is 3.32. The summed E-state index contributed by atoms with van der Waals surface area (Å²) in [6.07, 6.45) is 0. The molecule has 0 rings (SSSR count). The summed E-state index contributed by atoms with van der Waals surface area (Å²) in [6.45, 7) is 0. The zero-order valence-corrected chi connectivity index (χ0v) is 9.92. The normalized spacial score (nSPS) is 13.0. The number of hydrogen-bond donors (Lipinski definition) is 2. The van der Waals surface area contributed by atoms with Crippen LogP contribution in [-0.2, 0) is 0 Å². The molecular weight excluding hydrogens is 194 g/mol. The molecule has 5 nitrogen and oxygen atoms in total. The lowest BCUT2D eigenvalue weighted by Crippen LogP contribution is -2.54. The van der Waals surface area contributed by atoms with E-state index in [-0.39, 0.29) is 0 Å². The minimum atomic E-state index is 1.66. The Morgan fingerprint density at radius 1 is 0.583 bits per heavy atom. The van der Waals surface area contributed by atoms with Crippen LogP contribution in [0.1, 0.15) is 0 Å². The maximum absolute atomic E-state index is 4.14. The summed E-state index contributed by atoms with van der Waals surface area (Å²) in [5.41, 5.74) is 0. The molecule has 0 radical (unpaired) electrons. The Hall–Kier alpha value is 0.500. The minimum absolute atomic E-state index is 1.66. The second-order valence-electron chi connectivity index (χ2n) is 2.45. The van der Waals surface area contributed by atoms with E-state index in [1.807, 2.05) is 50.6 Å². The van der Waals surface area contributed by atoms with Crippen molar-refractivity contribution >= 4 is 25.6 Å². The fraction of sp³-hybridized carbons (Fsp3) is 1.00. The summed E-state index contributed by atoms with van der Waals surface area (Å²) in [7, 11) is 9.36. The topological polar surface area (TPSA) is 16.2 Å². The van der Waals surface area contributed by atoms with Crippen LogP contribution < -0.4 is 0 Å². The summed E-state index contributed by atoms with van der Waals surface area (Å²) in [6, 6.07) is 0. The van der Waals surface area contributed by atoms with Crippen LogP contribution in [0, 0.1) is 0 Å². The first-order valence-electron chi connectivity index (χ1n) is 3.44. The molecule has 12 heavy (non-hydrogen) atoms. The molecule has 0 aliphatic heterocycles. The Morgan fingerprint density at radius 2 is 0.833 bits per heavy atom. The molecule has 0 amide bonds.